The fourth-order valence-corrected chi connectivity index (χ4v) is 0.946. The molecule has 1 aromatic rings. The van der Waals surface area contributed by atoms with Gasteiger partial charge in [0.15, 0.2) is 5.82 Å². The maximum Gasteiger partial charge on any atom is 0.243 e. The average molecular weight is 169 g/mol. The smallest absolute Gasteiger partial charge is 0.243 e. The summed E-state index contributed by atoms with van der Waals surface area (Å²) in [4.78, 5) is 4.08. The highest BCUT2D eigenvalue weighted by molar-refractivity contribution is 4.91. The molecule has 1 aromatic heterocycles. The van der Waals surface area contributed by atoms with Crippen LogP contribution in [0.25, 0.3) is 0 Å². The monoisotopic (exact) mass is 169 g/mol. The summed E-state index contributed by atoms with van der Waals surface area (Å²) in [7, 11) is 0. The van der Waals surface area contributed by atoms with Crippen LogP contribution in [0.15, 0.2) is 4.52 Å². The lowest BCUT2D eigenvalue weighted by molar-refractivity contribution is 0.311. The van der Waals surface area contributed by atoms with Crippen LogP contribution < -0.4 is 5.73 Å². The lowest BCUT2D eigenvalue weighted by atomic mass is 10.0. The van der Waals surface area contributed by atoms with Crippen molar-refractivity contribution in [3.63, 3.8) is 0 Å². The largest absolute Gasteiger partial charge is 0.338 e. The molecule has 4 heteroatoms. The Hall–Kier alpha value is -0.900. The highest BCUT2D eigenvalue weighted by atomic mass is 16.5. The topological polar surface area (TPSA) is 64.9 Å². The molecule has 0 aliphatic rings. The van der Waals surface area contributed by atoms with Crippen LogP contribution in [0.2, 0.25) is 0 Å². The first kappa shape index (κ1) is 9.19. The van der Waals surface area contributed by atoms with Gasteiger partial charge in [-0.2, -0.15) is 4.98 Å². The molecule has 0 spiro atoms. The predicted octanol–water partition coefficient (Wildman–Crippen LogP) is 1.42. The molecule has 0 aliphatic heterocycles. The van der Waals surface area contributed by atoms with Gasteiger partial charge in [-0.3, -0.25) is 0 Å². The molecule has 0 bridgehead atoms. The zero-order valence-electron chi connectivity index (χ0n) is 7.74. The minimum absolute atomic E-state index is 0.129. The number of nitrogens with zero attached hydrogens (tertiary/aromatic N) is 2. The summed E-state index contributed by atoms with van der Waals surface area (Å²) in [5.41, 5.74) is 5.87. The van der Waals surface area contributed by atoms with Crippen molar-refractivity contribution in [2.75, 3.05) is 0 Å². The first-order chi connectivity index (χ1) is 5.65. The average Bonchev–Trinajstić information content (AvgIpc) is 2.49. The minimum Gasteiger partial charge on any atom is -0.338 e. The summed E-state index contributed by atoms with van der Waals surface area (Å²) < 4.78 is 4.96. The number of rotatable bonds is 3. The molecular formula is C8H15N3O. The molecule has 1 heterocycles. The van der Waals surface area contributed by atoms with Crippen molar-refractivity contribution in [1.82, 2.24) is 10.1 Å². The Balaban J connectivity index is 2.70. The number of hydrogen-bond acceptors (Lipinski definition) is 4. The molecule has 0 amide bonds. The van der Waals surface area contributed by atoms with Gasteiger partial charge < -0.3 is 10.3 Å². The summed E-state index contributed by atoms with van der Waals surface area (Å²) in [5, 5.41) is 3.69. The van der Waals surface area contributed by atoms with Crippen molar-refractivity contribution in [3.8, 4) is 0 Å². The normalized spacial score (nSPS) is 16.0. The minimum atomic E-state index is -0.129. The standard InChI is InChI=1S/C8H15N3O/c1-4-5(2)7(9)8-10-6(3)11-12-8/h5,7H,4,9H2,1-3H3. The number of nitrogens with two attached hydrogens (primary N) is 1. The van der Waals surface area contributed by atoms with Crippen LogP contribution in [0.4, 0.5) is 0 Å². The van der Waals surface area contributed by atoms with Gasteiger partial charge in [0.05, 0.1) is 6.04 Å². The van der Waals surface area contributed by atoms with Gasteiger partial charge in [0.25, 0.3) is 0 Å². The number of aromatic nitrogens is 2. The third kappa shape index (κ3) is 1.82. The van der Waals surface area contributed by atoms with E-state index in [2.05, 4.69) is 24.0 Å². The summed E-state index contributed by atoms with van der Waals surface area (Å²) in [6, 6.07) is -0.129. The first-order valence-corrected chi connectivity index (χ1v) is 4.21. The van der Waals surface area contributed by atoms with Gasteiger partial charge in [0.2, 0.25) is 5.89 Å². The molecule has 0 aromatic carbocycles. The van der Waals surface area contributed by atoms with Crippen LogP contribution in [0.3, 0.4) is 0 Å². The molecule has 4 nitrogen and oxygen atoms in total. The Morgan fingerprint density at radius 2 is 2.25 bits per heavy atom. The molecule has 12 heavy (non-hydrogen) atoms. The van der Waals surface area contributed by atoms with Crippen molar-refractivity contribution < 1.29 is 4.52 Å². The van der Waals surface area contributed by atoms with Gasteiger partial charge in [-0.1, -0.05) is 25.4 Å². The van der Waals surface area contributed by atoms with Crippen LogP contribution in [-0.2, 0) is 0 Å². The maximum absolute atomic E-state index is 5.87. The molecule has 2 unspecified atom stereocenters. The second-order valence-electron chi connectivity index (χ2n) is 3.09. The van der Waals surface area contributed by atoms with Crippen LogP contribution >= 0.6 is 0 Å². The summed E-state index contributed by atoms with van der Waals surface area (Å²) in [6.45, 7) is 5.95. The lowest BCUT2D eigenvalue weighted by Crippen LogP contribution is -2.18. The van der Waals surface area contributed by atoms with E-state index >= 15 is 0 Å². The third-order valence-corrected chi connectivity index (χ3v) is 2.09. The SMILES string of the molecule is CCC(C)C(N)c1nc(C)no1. The van der Waals surface area contributed by atoms with Gasteiger partial charge in [-0.15, -0.1) is 0 Å². The Labute approximate surface area is 72.1 Å². The van der Waals surface area contributed by atoms with E-state index in [9.17, 15) is 0 Å². The lowest BCUT2D eigenvalue weighted by Gasteiger charge is -2.12. The van der Waals surface area contributed by atoms with E-state index in [0.29, 0.717) is 17.6 Å². The van der Waals surface area contributed by atoms with Crippen molar-refractivity contribution in [3.05, 3.63) is 11.7 Å². The zero-order chi connectivity index (χ0) is 9.14. The summed E-state index contributed by atoms with van der Waals surface area (Å²) >= 11 is 0. The summed E-state index contributed by atoms with van der Waals surface area (Å²) in [5.74, 6) is 1.57. The van der Waals surface area contributed by atoms with Crippen LogP contribution in [0.5, 0.6) is 0 Å². The van der Waals surface area contributed by atoms with Gasteiger partial charge in [-0.05, 0) is 12.8 Å². The fraction of sp³-hybridized carbons (Fsp3) is 0.750. The molecule has 0 radical (unpaired) electrons. The molecule has 2 atom stereocenters. The first-order valence-electron chi connectivity index (χ1n) is 4.21. The van der Waals surface area contributed by atoms with Crippen molar-refractivity contribution in [2.45, 2.75) is 33.2 Å². The van der Waals surface area contributed by atoms with Crippen molar-refractivity contribution in [1.29, 1.82) is 0 Å². The maximum atomic E-state index is 5.87. The second-order valence-corrected chi connectivity index (χ2v) is 3.09. The molecule has 0 aliphatic carbocycles. The molecule has 0 saturated carbocycles. The number of aryl methyl sites for hydroxylation is 1. The van der Waals surface area contributed by atoms with E-state index in [1.807, 2.05) is 0 Å². The van der Waals surface area contributed by atoms with E-state index in [0.717, 1.165) is 6.42 Å². The van der Waals surface area contributed by atoms with E-state index in [4.69, 9.17) is 10.3 Å². The highest BCUT2D eigenvalue weighted by Crippen LogP contribution is 2.19. The molecular weight excluding hydrogens is 154 g/mol. The van der Waals surface area contributed by atoms with E-state index in [-0.39, 0.29) is 6.04 Å². The summed E-state index contributed by atoms with van der Waals surface area (Å²) in [6.07, 6.45) is 1.02. The van der Waals surface area contributed by atoms with Crippen LogP contribution in [-0.4, -0.2) is 10.1 Å². The molecule has 2 N–H and O–H groups in total. The Morgan fingerprint density at radius 1 is 1.58 bits per heavy atom. The van der Waals surface area contributed by atoms with Crippen LogP contribution in [0, 0.1) is 12.8 Å². The Bertz CT molecular complexity index is 246. The van der Waals surface area contributed by atoms with Gasteiger partial charge >= 0.3 is 0 Å². The molecule has 1 rings (SSSR count). The molecule has 68 valence electrons. The van der Waals surface area contributed by atoms with Crippen molar-refractivity contribution >= 4 is 0 Å². The van der Waals surface area contributed by atoms with E-state index in [1.165, 1.54) is 0 Å². The van der Waals surface area contributed by atoms with E-state index < -0.39 is 0 Å². The highest BCUT2D eigenvalue weighted by Gasteiger charge is 2.18. The Morgan fingerprint density at radius 3 is 2.67 bits per heavy atom. The van der Waals surface area contributed by atoms with Crippen LogP contribution in [0.1, 0.15) is 38.0 Å². The zero-order valence-corrected chi connectivity index (χ0v) is 7.74. The van der Waals surface area contributed by atoms with Gasteiger partial charge in [0.1, 0.15) is 0 Å². The van der Waals surface area contributed by atoms with Gasteiger partial charge in [0, 0.05) is 0 Å². The van der Waals surface area contributed by atoms with Gasteiger partial charge in [-0.25, -0.2) is 0 Å². The number of hydrogen-bond donors (Lipinski definition) is 1. The Kier molecular flexibility index (Phi) is 2.81. The van der Waals surface area contributed by atoms with E-state index in [1.54, 1.807) is 6.92 Å². The molecule has 0 fully saturated rings. The predicted molar refractivity (Wildman–Crippen MR) is 45.4 cm³/mol. The fourth-order valence-electron chi connectivity index (χ4n) is 0.946. The quantitative estimate of drug-likeness (QED) is 0.743. The second kappa shape index (κ2) is 3.67. The van der Waals surface area contributed by atoms with Crippen molar-refractivity contribution in [2.24, 2.45) is 11.7 Å². The third-order valence-electron chi connectivity index (χ3n) is 2.09. The molecule has 0 saturated heterocycles.